The fourth-order valence-corrected chi connectivity index (χ4v) is 5.88. The van der Waals surface area contributed by atoms with Gasteiger partial charge in [0.2, 0.25) is 5.91 Å². The molecule has 0 saturated carbocycles. The zero-order valence-electron chi connectivity index (χ0n) is 18.7. The van der Waals surface area contributed by atoms with Crippen molar-refractivity contribution in [2.75, 3.05) is 19.3 Å². The van der Waals surface area contributed by atoms with E-state index in [2.05, 4.69) is 15.2 Å². The van der Waals surface area contributed by atoms with E-state index in [0.29, 0.717) is 32.2 Å². The quantitative estimate of drug-likeness (QED) is 0.176. The van der Waals surface area contributed by atoms with Crippen molar-refractivity contribution in [3.8, 4) is 0 Å². The molecule has 8 atom stereocenters. The molecule has 8 unspecified atom stereocenters. The monoisotopic (exact) mass is 536 g/mol. The van der Waals surface area contributed by atoms with Crippen LogP contribution in [0.1, 0.15) is 45.4 Å². The molecule has 6 N–H and O–H groups in total. The highest BCUT2D eigenvalue weighted by molar-refractivity contribution is 7.99. The van der Waals surface area contributed by atoms with Gasteiger partial charge in [-0.3, -0.25) is 9.32 Å². The summed E-state index contributed by atoms with van der Waals surface area (Å²) in [4.78, 5) is 30.6. The molecule has 2 rings (SSSR count). The van der Waals surface area contributed by atoms with E-state index < -0.39 is 54.8 Å². The van der Waals surface area contributed by atoms with Crippen molar-refractivity contribution in [2.45, 2.75) is 92.4 Å². The number of aliphatic hydroxyl groups is 2. The number of hydrogen-bond acceptors (Lipinski definition) is 8. The second-order valence-electron chi connectivity index (χ2n) is 8.59. The van der Waals surface area contributed by atoms with Gasteiger partial charge in [-0.15, -0.1) is 23.4 Å². The van der Waals surface area contributed by atoms with Crippen LogP contribution in [0.15, 0.2) is 0 Å². The number of carbonyl (C=O) groups is 1. The van der Waals surface area contributed by atoms with Crippen LogP contribution in [-0.4, -0.2) is 92.2 Å². The summed E-state index contributed by atoms with van der Waals surface area (Å²) in [5.74, 6) is -0.288. The summed E-state index contributed by atoms with van der Waals surface area (Å²) in [7, 11) is -4.91. The number of alkyl halides is 2. The Morgan fingerprint density at radius 1 is 1.39 bits per heavy atom. The van der Waals surface area contributed by atoms with Crippen LogP contribution in [0.2, 0.25) is 0 Å². The van der Waals surface area contributed by atoms with Crippen molar-refractivity contribution >= 4 is 37.1 Å². The molecule has 2 fully saturated rings. The largest absolute Gasteiger partial charge is 0.470 e. The minimum atomic E-state index is -4.91. The second kappa shape index (κ2) is 12.8. The molecule has 2 heterocycles. The fourth-order valence-electron chi connectivity index (χ4n) is 4.25. The molecule has 14 heteroatoms. The number of aliphatic hydroxyl groups excluding tert-OH is 2. The van der Waals surface area contributed by atoms with E-state index >= 15 is 0 Å². The van der Waals surface area contributed by atoms with Gasteiger partial charge >= 0.3 is 7.82 Å². The van der Waals surface area contributed by atoms with Gasteiger partial charge in [0.05, 0.1) is 17.5 Å². The number of thioether (sulfide) groups is 1. The fraction of sp³-hybridized carbons (Fsp3) is 0.947. The molecular weight excluding hydrogens is 502 g/mol. The summed E-state index contributed by atoms with van der Waals surface area (Å²) in [5, 5.41) is 25.8. The molecule has 0 bridgehead atoms. The maximum absolute atomic E-state index is 14.8. The van der Waals surface area contributed by atoms with Gasteiger partial charge < -0.3 is 35.4 Å². The van der Waals surface area contributed by atoms with Crippen LogP contribution in [0.25, 0.3) is 0 Å². The Bertz CT molecular complexity index is 692. The third-order valence-electron chi connectivity index (χ3n) is 5.98. The number of phosphoric ester groups is 1. The van der Waals surface area contributed by atoms with Gasteiger partial charge in [0.1, 0.15) is 29.4 Å². The third-order valence-corrected chi connectivity index (χ3v) is 7.68. The minimum absolute atomic E-state index is 0.0575. The van der Waals surface area contributed by atoms with Crippen molar-refractivity contribution < 1.29 is 43.0 Å². The number of carbonyl (C=O) groups excluding carboxylic acids is 1. The Balaban J connectivity index is 1.85. The van der Waals surface area contributed by atoms with Crippen molar-refractivity contribution in [3.63, 3.8) is 0 Å². The zero-order chi connectivity index (χ0) is 24.8. The average Bonchev–Trinajstić information content (AvgIpc) is 2.93. The first-order valence-electron chi connectivity index (χ1n) is 11.0. The average molecular weight is 537 g/mol. The normalized spacial score (nSPS) is 36.7. The highest BCUT2D eigenvalue weighted by Gasteiger charge is 2.47. The van der Waals surface area contributed by atoms with Crippen LogP contribution in [-0.2, 0) is 18.6 Å². The Hall–Kier alpha value is -0.0100. The molecule has 0 radical (unpaired) electrons. The van der Waals surface area contributed by atoms with E-state index in [1.807, 2.05) is 6.92 Å². The van der Waals surface area contributed by atoms with Crippen LogP contribution in [0.5, 0.6) is 0 Å². The maximum Gasteiger partial charge on any atom is 0.470 e. The van der Waals surface area contributed by atoms with Gasteiger partial charge in [0.25, 0.3) is 0 Å². The van der Waals surface area contributed by atoms with Crippen LogP contribution in [0.4, 0.5) is 4.39 Å². The molecule has 0 spiro atoms. The van der Waals surface area contributed by atoms with Gasteiger partial charge in [0, 0.05) is 6.54 Å². The lowest BCUT2D eigenvalue weighted by Gasteiger charge is -2.42. The molecule has 194 valence electrons. The molecule has 33 heavy (non-hydrogen) atoms. The van der Waals surface area contributed by atoms with E-state index in [1.165, 1.54) is 0 Å². The van der Waals surface area contributed by atoms with Gasteiger partial charge in [0.15, 0.2) is 0 Å². The molecule has 2 aliphatic rings. The predicted octanol–water partition coefficient (Wildman–Crippen LogP) is 1.04. The summed E-state index contributed by atoms with van der Waals surface area (Å²) in [6, 6.07) is -0.520. The smallest absolute Gasteiger partial charge is 0.388 e. The van der Waals surface area contributed by atoms with Crippen LogP contribution >= 0.6 is 31.2 Å². The zero-order valence-corrected chi connectivity index (χ0v) is 21.2. The van der Waals surface area contributed by atoms with E-state index in [0.717, 1.165) is 18.2 Å². The molecule has 2 saturated heterocycles. The lowest BCUT2D eigenvalue weighted by Crippen LogP contribution is -2.57. The first-order chi connectivity index (χ1) is 15.4. The predicted molar refractivity (Wildman–Crippen MR) is 123 cm³/mol. The Kier molecular flexibility index (Phi) is 11.3. The minimum Gasteiger partial charge on any atom is -0.388 e. The van der Waals surface area contributed by atoms with E-state index in [1.54, 1.807) is 6.26 Å². The number of amides is 1. The number of rotatable bonds is 10. The highest BCUT2D eigenvalue weighted by Crippen LogP contribution is 2.43. The second-order valence-corrected chi connectivity index (χ2v) is 11.3. The molecular formula is C19H35ClFN2O8PS. The topological polar surface area (TPSA) is 158 Å². The lowest BCUT2D eigenvalue weighted by molar-refractivity contribution is -0.195. The molecule has 0 aromatic carbocycles. The Labute approximate surface area is 202 Å². The van der Waals surface area contributed by atoms with Crippen molar-refractivity contribution in [3.05, 3.63) is 0 Å². The van der Waals surface area contributed by atoms with Crippen LogP contribution < -0.4 is 10.6 Å². The highest BCUT2D eigenvalue weighted by atomic mass is 35.5. The standard InChI is InChI=1S/C19H35ClFN2O8PS/c1-3-5-19(21)6-4-12(22-8-7-19)17(26)23-10-11(20)9-13-14(24)15(25)16(18(30-13)33-2)31-32(27,28)29/h11-16,18,22,24-25H,3-10H2,1-2H3,(H,23,26)(H2,27,28,29). The number of hydrogen-bond donors (Lipinski definition) is 6. The van der Waals surface area contributed by atoms with Crippen LogP contribution in [0.3, 0.4) is 0 Å². The number of nitrogens with one attached hydrogen (secondary N) is 2. The van der Waals surface area contributed by atoms with Gasteiger partial charge in [-0.2, -0.15) is 0 Å². The van der Waals surface area contributed by atoms with E-state index in [9.17, 15) is 24.0 Å². The number of ether oxygens (including phenoxy) is 1. The first kappa shape index (κ1) is 29.2. The third kappa shape index (κ3) is 8.86. The van der Waals surface area contributed by atoms with Crippen molar-refractivity contribution in [1.29, 1.82) is 0 Å². The van der Waals surface area contributed by atoms with Crippen molar-refractivity contribution in [2.24, 2.45) is 0 Å². The van der Waals surface area contributed by atoms with E-state index in [4.69, 9.17) is 26.1 Å². The van der Waals surface area contributed by atoms with Crippen molar-refractivity contribution in [1.82, 2.24) is 10.6 Å². The molecule has 0 aromatic heterocycles. The van der Waals surface area contributed by atoms with Crippen LogP contribution in [0, 0.1) is 0 Å². The number of phosphoric acid groups is 1. The summed E-state index contributed by atoms with van der Waals surface area (Å²) < 4.78 is 36.2. The first-order valence-corrected chi connectivity index (χ1v) is 14.3. The van der Waals surface area contributed by atoms with E-state index in [-0.39, 0.29) is 18.9 Å². The van der Waals surface area contributed by atoms with Gasteiger partial charge in [-0.25, -0.2) is 8.96 Å². The molecule has 0 aromatic rings. The van der Waals surface area contributed by atoms with Gasteiger partial charge in [-0.1, -0.05) is 13.3 Å². The molecule has 2 aliphatic heterocycles. The Morgan fingerprint density at radius 3 is 2.70 bits per heavy atom. The summed E-state index contributed by atoms with van der Waals surface area (Å²) in [5.41, 5.74) is -2.20. The summed E-state index contributed by atoms with van der Waals surface area (Å²) >= 11 is 7.39. The summed E-state index contributed by atoms with van der Waals surface area (Å²) in [6.45, 7) is 2.40. The summed E-state index contributed by atoms with van der Waals surface area (Å²) in [6.07, 6.45) is -1.54. The lowest BCUT2D eigenvalue weighted by atomic mass is 9.91. The molecule has 1 amide bonds. The number of halogens is 2. The molecule has 10 nitrogen and oxygen atoms in total. The maximum atomic E-state index is 14.8. The SMILES string of the molecule is CCCC1(F)CCNC(C(=O)NCC(Cl)CC2OC(SC)C(OP(=O)(O)O)C(O)C2O)CC1. The van der Waals surface area contributed by atoms with Gasteiger partial charge in [-0.05, 0) is 44.9 Å². The molecule has 0 aliphatic carbocycles. The Morgan fingerprint density at radius 2 is 2.09 bits per heavy atom.